The maximum absolute atomic E-state index is 12.0. The number of thiophene rings is 1. The molecular formula is C12H19NO5S2. The van der Waals surface area contributed by atoms with Gasteiger partial charge < -0.3 is 10.2 Å². The minimum Gasteiger partial charge on any atom is -0.478 e. The highest BCUT2D eigenvalue weighted by molar-refractivity contribution is 7.91. The molecule has 0 radical (unpaired) electrons. The molecule has 0 aliphatic rings. The lowest BCUT2D eigenvalue weighted by molar-refractivity contribution is 0.0697. The monoisotopic (exact) mass is 321 g/mol. The molecule has 0 spiro atoms. The van der Waals surface area contributed by atoms with E-state index in [1.54, 1.807) is 0 Å². The first-order chi connectivity index (χ1) is 9.18. The smallest absolute Gasteiger partial charge is 0.336 e. The van der Waals surface area contributed by atoms with Crippen LogP contribution in [0.15, 0.2) is 15.7 Å². The molecule has 0 aliphatic carbocycles. The second-order valence-electron chi connectivity index (χ2n) is 5.28. The van der Waals surface area contributed by atoms with E-state index in [0.717, 1.165) is 17.4 Å². The van der Waals surface area contributed by atoms with Gasteiger partial charge in [0.05, 0.1) is 5.56 Å². The van der Waals surface area contributed by atoms with Crippen LogP contribution < -0.4 is 4.72 Å². The molecule has 1 aromatic heterocycles. The molecule has 114 valence electrons. The fourth-order valence-corrected chi connectivity index (χ4v) is 4.02. The van der Waals surface area contributed by atoms with Gasteiger partial charge in [-0.2, -0.15) is 0 Å². The van der Waals surface area contributed by atoms with Crippen molar-refractivity contribution in [2.45, 2.75) is 30.9 Å². The Morgan fingerprint density at radius 3 is 2.60 bits per heavy atom. The highest BCUT2D eigenvalue weighted by Crippen LogP contribution is 2.24. The third kappa shape index (κ3) is 4.86. The molecule has 0 aliphatic heterocycles. The van der Waals surface area contributed by atoms with Crippen LogP contribution in [0.4, 0.5) is 0 Å². The molecule has 0 bridgehead atoms. The standard InChI is InChI=1S/C12H19NO5S2/c1-12(2,4-3-5-14)8-13-20(17,18)10-6-9(7-19-10)11(15)16/h6-7,13-14H,3-5,8H2,1-2H3,(H,15,16). The summed E-state index contributed by atoms with van der Waals surface area (Å²) in [5, 5.41) is 18.9. The second-order valence-corrected chi connectivity index (χ2v) is 8.18. The van der Waals surface area contributed by atoms with Gasteiger partial charge in [0.15, 0.2) is 0 Å². The van der Waals surface area contributed by atoms with Crippen molar-refractivity contribution >= 4 is 27.3 Å². The Bertz CT molecular complexity index is 562. The molecule has 8 heteroatoms. The third-order valence-corrected chi connectivity index (χ3v) is 5.68. The summed E-state index contributed by atoms with van der Waals surface area (Å²) >= 11 is 0.882. The van der Waals surface area contributed by atoms with Crippen LogP contribution >= 0.6 is 11.3 Å². The summed E-state index contributed by atoms with van der Waals surface area (Å²) in [4.78, 5) is 10.7. The number of hydrogen-bond donors (Lipinski definition) is 3. The maximum Gasteiger partial charge on any atom is 0.336 e. The highest BCUT2D eigenvalue weighted by Gasteiger charge is 2.23. The number of nitrogens with one attached hydrogen (secondary N) is 1. The van der Waals surface area contributed by atoms with E-state index in [4.69, 9.17) is 10.2 Å². The summed E-state index contributed by atoms with van der Waals surface area (Å²) in [6.07, 6.45) is 1.30. The number of aromatic carboxylic acids is 1. The Hall–Kier alpha value is -0.960. The summed E-state index contributed by atoms with van der Waals surface area (Å²) in [7, 11) is -3.69. The van der Waals surface area contributed by atoms with Crippen LogP contribution in [0.2, 0.25) is 0 Å². The van der Waals surface area contributed by atoms with Crippen molar-refractivity contribution in [2.24, 2.45) is 5.41 Å². The topological polar surface area (TPSA) is 104 Å². The van der Waals surface area contributed by atoms with Crippen LogP contribution in [0.3, 0.4) is 0 Å². The Morgan fingerprint density at radius 1 is 1.45 bits per heavy atom. The zero-order valence-electron chi connectivity index (χ0n) is 11.4. The van der Waals surface area contributed by atoms with Gasteiger partial charge in [-0.1, -0.05) is 13.8 Å². The van der Waals surface area contributed by atoms with Crippen molar-refractivity contribution in [3.8, 4) is 0 Å². The first-order valence-corrected chi connectivity index (χ1v) is 8.46. The van der Waals surface area contributed by atoms with Crippen molar-refractivity contribution in [2.75, 3.05) is 13.2 Å². The minimum absolute atomic E-state index is 0.00661. The van der Waals surface area contributed by atoms with Gasteiger partial charge in [-0.15, -0.1) is 11.3 Å². The summed E-state index contributed by atoms with van der Waals surface area (Å²) < 4.78 is 26.6. The van der Waals surface area contributed by atoms with Crippen molar-refractivity contribution < 1.29 is 23.4 Å². The molecule has 0 amide bonds. The van der Waals surface area contributed by atoms with E-state index in [1.165, 1.54) is 5.38 Å². The number of rotatable bonds is 8. The minimum atomic E-state index is -3.69. The van der Waals surface area contributed by atoms with Crippen molar-refractivity contribution in [3.63, 3.8) is 0 Å². The molecule has 1 heterocycles. The van der Waals surface area contributed by atoms with Gasteiger partial charge in [0.1, 0.15) is 4.21 Å². The van der Waals surface area contributed by atoms with E-state index < -0.39 is 16.0 Å². The lowest BCUT2D eigenvalue weighted by Gasteiger charge is -2.24. The number of carboxylic acid groups (broad SMARTS) is 1. The predicted octanol–water partition coefficient (Wildman–Crippen LogP) is 1.52. The average molecular weight is 321 g/mol. The molecule has 0 saturated heterocycles. The van der Waals surface area contributed by atoms with E-state index in [2.05, 4.69) is 4.72 Å². The van der Waals surface area contributed by atoms with E-state index in [-0.39, 0.29) is 28.3 Å². The molecular weight excluding hydrogens is 302 g/mol. The predicted molar refractivity (Wildman–Crippen MR) is 76.6 cm³/mol. The number of aliphatic hydroxyl groups excluding tert-OH is 1. The molecule has 0 unspecified atom stereocenters. The quantitative estimate of drug-likeness (QED) is 0.673. The lowest BCUT2D eigenvalue weighted by Crippen LogP contribution is -2.33. The Balaban J connectivity index is 2.72. The SMILES string of the molecule is CC(C)(CCCO)CNS(=O)(=O)c1cc(C(=O)O)cs1. The fourth-order valence-electron chi connectivity index (χ4n) is 1.58. The van der Waals surface area contributed by atoms with Gasteiger partial charge in [-0.05, 0) is 24.3 Å². The maximum atomic E-state index is 12.0. The Labute approximate surface area is 122 Å². The molecule has 3 N–H and O–H groups in total. The Morgan fingerprint density at radius 2 is 2.10 bits per heavy atom. The lowest BCUT2D eigenvalue weighted by atomic mass is 9.88. The molecule has 1 aromatic rings. The first kappa shape index (κ1) is 17.1. The zero-order chi connectivity index (χ0) is 15.4. The van der Waals surface area contributed by atoms with E-state index in [0.29, 0.717) is 12.8 Å². The molecule has 0 aromatic carbocycles. The average Bonchev–Trinajstić information content (AvgIpc) is 2.85. The number of carbonyl (C=O) groups is 1. The van der Waals surface area contributed by atoms with Crippen molar-refractivity contribution in [1.82, 2.24) is 4.72 Å². The number of sulfonamides is 1. The van der Waals surface area contributed by atoms with E-state index in [1.807, 2.05) is 13.8 Å². The van der Waals surface area contributed by atoms with Crippen LogP contribution in [0.25, 0.3) is 0 Å². The van der Waals surface area contributed by atoms with Gasteiger partial charge in [0, 0.05) is 18.5 Å². The van der Waals surface area contributed by atoms with Crippen LogP contribution in [-0.4, -0.2) is 37.8 Å². The molecule has 0 atom stereocenters. The largest absolute Gasteiger partial charge is 0.478 e. The van der Waals surface area contributed by atoms with Crippen LogP contribution in [0, 0.1) is 5.41 Å². The third-order valence-electron chi connectivity index (χ3n) is 2.84. The molecule has 1 rings (SSSR count). The van der Waals surface area contributed by atoms with Gasteiger partial charge in [-0.3, -0.25) is 0 Å². The van der Waals surface area contributed by atoms with Crippen molar-refractivity contribution in [3.05, 3.63) is 17.0 Å². The number of aliphatic hydroxyl groups is 1. The Kier molecular flexibility index (Phi) is 5.69. The summed E-state index contributed by atoms with van der Waals surface area (Å²) in [5.41, 5.74) is -0.308. The number of hydrogen-bond acceptors (Lipinski definition) is 5. The zero-order valence-corrected chi connectivity index (χ0v) is 13.1. The number of carboxylic acids is 1. The van der Waals surface area contributed by atoms with Crippen LogP contribution in [0.5, 0.6) is 0 Å². The fraction of sp³-hybridized carbons (Fsp3) is 0.583. The van der Waals surface area contributed by atoms with Crippen molar-refractivity contribution in [1.29, 1.82) is 0 Å². The van der Waals surface area contributed by atoms with Gasteiger partial charge in [0.25, 0.3) is 0 Å². The molecule has 0 saturated carbocycles. The summed E-state index contributed by atoms with van der Waals surface area (Å²) in [6, 6.07) is 1.15. The van der Waals surface area contributed by atoms with Crippen LogP contribution in [-0.2, 0) is 10.0 Å². The summed E-state index contributed by atoms with van der Waals surface area (Å²) in [6.45, 7) is 4.11. The summed E-state index contributed by atoms with van der Waals surface area (Å²) in [5.74, 6) is -1.15. The van der Waals surface area contributed by atoms with Gasteiger partial charge in [0.2, 0.25) is 10.0 Å². The highest BCUT2D eigenvalue weighted by atomic mass is 32.2. The van der Waals surface area contributed by atoms with Crippen LogP contribution in [0.1, 0.15) is 37.0 Å². The van der Waals surface area contributed by atoms with Gasteiger partial charge in [-0.25, -0.2) is 17.9 Å². The van der Waals surface area contributed by atoms with Gasteiger partial charge >= 0.3 is 5.97 Å². The normalized spacial score (nSPS) is 12.6. The first-order valence-electron chi connectivity index (χ1n) is 6.10. The molecule has 20 heavy (non-hydrogen) atoms. The molecule has 0 fully saturated rings. The second kappa shape index (κ2) is 6.66. The molecule has 6 nitrogen and oxygen atoms in total. The van der Waals surface area contributed by atoms with E-state index in [9.17, 15) is 13.2 Å². The van der Waals surface area contributed by atoms with E-state index >= 15 is 0 Å².